The average molecular weight is 186 g/mol. The van der Waals surface area contributed by atoms with Crippen molar-refractivity contribution in [1.29, 1.82) is 0 Å². The van der Waals surface area contributed by atoms with E-state index in [1.807, 2.05) is 7.05 Å². The van der Waals surface area contributed by atoms with Crippen LogP contribution >= 0.6 is 0 Å². The molecule has 0 amide bonds. The van der Waals surface area contributed by atoms with Gasteiger partial charge in [-0.05, 0) is 38.9 Å². The summed E-state index contributed by atoms with van der Waals surface area (Å²) in [6, 6.07) is 0. The predicted molar refractivity (Wildman–Crippen MR) is 60.1 cm³/mol. The molecule has 0 aliphatic rings. The maximum absolute atomic E-state index is 3.16. The number of nitrogens with one attached hydrogen (secondary N) is 1. The molecule has 0 spiro atoms. The van der Waals surface area contributed by atoms with E-state index in [0.717, 1.165) is 13.1 Å². The summed E-state index contributed by atoms with van der Waals surface area (Å²) in [5.41, 5.74) is 0.490. The first kappa shape index (κ1) is 12.9. The zero-order valence-corrected chi connectivity index (χ0v) is 9.98. The summed E-state index contributed by atoms with van der Waals surface area (Å²) in [7, 11) is 4.20. The second-order valence-corrected chi connectivity index (χ2v) is 5.07. The fourth-order valence-electron chi connectivity index (χ4n) is 1.29. The van der Waals surface area contributed by atoms with Crippen LogP contribution in [0, 0.1) is 5.41 Å². The highest BCUT2D eigenvalue weighted by atomic mass is 15.1. The average Bonchev–Trinajstić information content (AvgIpc) is 1.98. The van der Waals surface area contributed by atoms with Crippen molar-refractivity contribution in [2.45, 2.75) is 33.6 Å². The third kappa shape index (κ3) is 9.84. The maximum atomic E-state index is 3.16. The molecule has 0 aromatic heterocycles. The Morgan fingerprint density at radius 1 is 1.15 bits per heavy atom. The van der Waals surface area contributed by atoms with Crippen molar-refractivity contribution < 1.29 is 0 Å². The van der Waals surface area contributed by atoms with Crippen LogP contribution in [-0.4, -0.2) is 38.6 Å². The third-order valence-electron chi connectivity index (χ3n) is 2.21. The Kier molecular flexibility index (Phi) is 6.35. The van der Waals surface area contributed by atoms with E-state index >= 15 is 0 Å². The number of hydrogen-bond acceptors (Lipinski definition) is 2. The van der Waals surface area contributed by atoms with Crippen molar-refractivity contribution in [3.63, 3.8) is 0 Å². The van der Waals surface area contributed by atoms with Crippen molar-refractivity contribution in [2.24, 2.45) is 5.41 Å². The van der Waals surface area contributed by atoms with Gasteiger partial charge in [-0.3, -0.25) is 0 Å². The third-order valence-corrected chi connectivity index (χ3v) is 2.21. The van der Waals surface area contributed by atoms with Crippen molar-refractivity contribution in [3.05, 3.63) is 0 Å². The first-order chi connectivity index (χ1) is 5.95. The molecule has 0 atom stereocenters. The molecule has 0 radical (unpaired) electrons. The Morgan fingerprint density at radius 2 is 1.77 bits per heavy atom. The molecule has 13 heavy (non-hydrogen) atoms. The normalized spacial score (nSPS) is 12.5. The maximum Gasteiger partial charge on any atom is 0.0104 e. The standard InChI is InChI=1S/C11H26N2/c1-11(2,3)7-6-9-13(5)10-8-12-4/h12H,6-10H2,1-5H3. The van der Waals surface area contributed by atoms with E-state index in [-0.39, 0.29) is 0 Å². The topological polar surface area (TPSA) is 15.3 Å². The molecule has 0 aromatic carbocycles. The second-order valence-electron chi connectivity index (χ2n) is 5.07. The lowest BCUT2D eigenvalue weighted by molar-refractivity contribution is 0.288. The Morgan fingerprint density at radius 3 is 2.23 bits per heavy atom. The van der Waals surface area contributed by atoms with Crippen LogP contribution in [0.5, 0.6) is 0 Å². The van der Waals surface area contributed by atoms with Crippen LogP contribution in [0.25, 0.3) is 0 Å². The van der Waals surface area contributed by atoms with Crippen LogP contribution < -0.4 is 5.32 Å². The molecule has 0 fully saturated rings. The van der Waals surface area contributed by atoms with Gasteiger partial charge in [0, 0.05) is 13.1 Å². The second kappa shape index (κ2) is 6.39. The molecule has 1 N–H and O–H groups in total. The van der Waals surface area contributed by atoms with Gasteiger partial charge in [-0.25, -0.2) is 0 Å². The predicted octanol–water partition coefficient (Wildman–Crippen LogP) is 1.96. The van der Waals surface area contributed by atoms with Gasteiger partial charge in [-0.2, -0.15) is 0 Å². The molecule has 0 heterocycles. The summed E-state index contributed by atoms with van der Waals surface area (Å²) in [6.07, 6.45) is 2.63. The van der Waals surface area contributed by atoms with Gasteiger partial charge in [-0.1, -0.05) is 20.8 Å². The van der Waals surface area contributed by atoms with Gasteiger partial charge in [0.15, 0.2) is 0 Å². The van der Waals surface area contributed by atoms with Gasteiger partial charge in [0.2, 0.25) is 0 Å². The van der Waals surface area contributed by atoms with E-state index in [2.05, 4.69) is 38.0 Å². The molecule has 0 saturated carbocycles. The number of nitrogens with zero attached hydrogens (tertiary/aromatic N) is 1. The van der Waals surface area contributed by atoms with E-state index < -0.39 is 0 Å². The molecular formula is C11H26N2. The quantitative estimate of drug-likeness (QED) is 0.682. The van der Waals surface area contributed by atoms with Crippen molar-refractivity contribution in [1.82, 2.24) is 10.2 Å². The Labute approximate surface area is 83.7 Å². The van der Waals surface area contributed by atoms with Crippen LogP contribution in [-0.2, 0) is 0 Å². The first-order valence-electron chi connectivity index (χ1n) is 5.29. The molecule has 0 rings (SSSR count). The Bertz CT molecular complexity index is 116. The molecule has 0 saturated heterocycles. The lowest BCUT2D eigenvalue weighted by atomic mass is 9.90. The van der Waals surface area contributed by atoms with Gasteiger partial charge < -0.3 is 10.2 Å². The van der Waals surface area contributed by atoms with E-state index in [1.165, 1.54) is 19.4 Å². The number of hydrogen-bond donors (Lipinski definition) is 1. The Balaban J connectivity index is 3.31. The van der Waals surface area contributed by atoms with Gasteiger partial charge in [0.05, 0.1) is 0 Å². The molecule has 2 heteroatoms. The summed E-state index contributed by atoms with van der Waals surface area (Å²) >= 11 is 0. The van der Waals surface area contributed by atoms with Crippen LogP contribution in [0.1, 0.15) is 33.6 Å². The number of rotatable bonds is 6. The minimum Gasteiger partial charge on any atom is -0.318 e. The zero-order chi connectivity index (χ0) is 10.3. The highest BCUT2D eigenvalue weighted by Gasteiger charge is 2.09. The molecule has 0 aliphatic heterocycles. The summed E-state index contributed by atoms with van der Waals surface area (Å²) < 4.78 is 0. The summed E-state index contributed by atoms with van der Waals surface area (Å²) in [5.74, 6) is 0. The minimum atomic E-state index is 0.490. The lowest BCUT2D eigenvalue weighted by Gasteiger charge is -2.21. The van der Waals surface area contributed by atoms with E-state index in [9.17, 15) is 0 Å². The van der Waals surface area contributed by atoms with Gasteiger partial charge >= 0.3 is 0 Å². The van der Waals surface area contributed by atoms with Crippen molar-refractivity contribution in [2.75, 3.05) is 33.7 Å². The molecule has 0 unspecified atom stereocenters. The first-order valence-corrected chi connectivity index (χ1v) is 5.29. The fourth-order valence-corrected chi connectivity index (χ4v) is 1.29. The lowest BCUT2D eigenvalue weighted by Crippen LogP contribution is -2.28. The van der Waals surface area contributed by atoms with Gasteiger partial charge in [-0.15, -0.1) is 0 Å². The molecule has 0 aromatic rings. The van der Waals surface area contributed by atoms with Crippen LogP contribution in [0.2, 0.25) is 0 Å². The zero-order valence-electron chi connectivity index (χ0n) is 9.98. The van der Waals surface area contributed by atoms with Crippen LogP contribution in [0.3, 0.4) is 0 Å². The van der Waals surface area contributed by atoms with Crippen molar-refractivity contribution in [3.8, 4) is 0 Å². The molecular weight excluding hydrogens is 160 g/mol. The molecule has 2 nitrogen and oxygen atoms in total. The largest absolute Gasteiger partial charge is 0.318 e. The highest BCUT2D eigenvalue weighted by molar-refractivity contribution is 4.63. The smallest absolute Gasteiger partial charge is 0.0104 e. The fraction of sp³-hybridized carbons (Fsp3) is 1.00. The van der Waals surface area contributed by atoms with E-state index in [4.69, 9.17) is 0 Å². The van der Waals surface area contributed by atoms with Crippen LogP contribution in [0.4, 0.5) is 0 Å². The van der Waals surface area contributed by atoms with E-state index in [0.29, 0.717) is 5.41 Å². The van der Waals surface area contributed by atoms with Crippen LogP contribution in [0.15, 0.2) is 0 Å². The highest BCUT2D eigenvalue weighted by Crippen LogP contribution is 2.20. The summed E-state index contributed by atoms with van der Waals surface area (Å²) in [4.78, 5) is 2.39. The van der Waals surface area contributed by atoms with Gasteiger partial charge in [0.1, 0.15) is 0 Å². The summed E-state index contributed by atoms with van der Waals surface area (Å²) in [6.45, 7) is 10.4. The monoisotopic (exact) mass is 186 g/mol. The van der Waals surface area contributed by atoms with Gasteiger partial charge in [0.25, 0.3) is 0 Å². The molecule has 0 bridgehead atoms. The molecule has 0 aliphatic carbocycles. The Hall–Kier alpha value is -0.0800. The SMILES string of the molecule is CNCCN(C)CCCC(C)(C)C. The number of likely N-dealkylation sites (N-methyl/N-ethyl adjacent to an activating group) is 2. The molecule has 80 valence electrons. The minimum absolute atomic E-state index is 0.490. The summed E-state index contributed by atoms with van der Waals surface area (Å²) in [5, 5.41) is 3.16. The van der Waals surface area contributed by atoms with E-state index in [1.54, 1.807) is 0 Å². The van der Waals surface area contributed by atoms with Crippen molar-refractivity contribution >= 4 is 0 Å².